The number of fused-ring (bicyclic) bond motifs is 5. The molecule has 4 aliphatic carbocycles. The molecule has 3 saturated carbocycles. The summed E-state index contributed by atoms with van der Waals surface area (Å²) in [6.45, 7) is 14.6. The first kappa shape index (κ1) is 24.1. The molecule has 32 heavy (non-hydrogen) atoms. The molecule has 8 atom stereocenters. The fourth-order valence-corrected chi connectivity index (χ4v) is 9.04. The van der Waals surface area contributed by atoms with E-state index in [1.54, 1.807) is 11.1 Å². The molecule has 0 aromatic heterocycles. The van der Waals surface area contributed by atoms with Crippen LogP contribution in [0.15, 0.2) is 23.3 Å². The second-order valence-electron chi connectivity index (χ2n) is 12.3. The number of rotatable bonds is 6. The summed E-state index contributed by atoms with van der Waals surface area (Å²) in [7, 11) is 0. The van der Waals surface area contributed by atoms with E-state index in [2.05, 4.69) is 46.8 Å². The number of esters is 1. The molecular formula is C30H48O2. The maximum absolute atomic E-state index is 11.9. The number of ether oxygens (including phenoxy) is 1. The zero-order chi connectivity index (χ0) is 23.1. The quantitative estimate of drug-likeness (QED) is 0.308. The minimum atomic E-state index is -0.00983. The van der Waals surface area contributed by atoms with Crippen molar-refractivity contribution in [3.8, 4) is 0 Å². The molecule has 2 heteroatoms. The van der Waals surface area contributed by atoms with E-state index in [0.29, 0.717) is 29.8 Å². The van der Waals surface area contributed by atoms with Gasteiger partial charge in [0.25, 0.3) is 0 Å². The molecule has 0 bridgehead atoms. The largest absolute Gasteiger partial charge is 0.466 e. The van der Waals surface area contributed by atoms with Crippen LogP contribution in [0.1, 0.15) is 106 Å². The monoisotopic (exact) mass is 440 g/mol. The highest BCUT2D eigenvalue weighted by molar-refractivity contribution is 5.69. The second kappa shape index (κ2) is 9.30. The predicted molar refractivity (Wildman–Crippen MR) is 133 cm³/mol. The molecule has 0 saturated heterocycles. The van der Waals surface area contributed by atoms with Crippen LogP contribution in [0.2, 0.25) is 0 Å². The van der Waals surface area contributed by atoms with Crippen LogP contribution in [-0.4, -0.2) is 12.6 Å². The van der Waals surface area contributed by atoms with Crippen molar-refractivity contribution >= 4 is 5.97 Å². The lowest BCUT2D eigenvalue weighted by atomic mass is 9.46. The summed E-state index contributed by atoms with van der Waals surface area (Å²) in [5.74, 6) is 4.81. The Kier molecular flexibility index (Phi) is 7.00. The molecule has 2 nitrogen and oxygen atoms in total. The van der Waals surface area contributed by atoms with E-state index in [9.17, 15) is 4.79 Å². The van der Waals surface area contributed by atoms with E-state index >= 15 is 0 Å². The molecule has 180 valence electrons. The highest BCUT2D eigenvalue weighted by Crippen LogP contribution is 2.67. The Labute approximate surface area is 197 Å². The van der Waals surface area contributed by atoms with Gasteiger partial charge in [-0.05, 0) is 125 Å². The minimum absolute atomic E-state index is 0.00983. The molecule has 0 aromatic carbocycles. The number of carbonyl (C=O) groups excluding carboxylic acids is 1. The number of carbonyl (C=O) groups is 1. The lowest BCUT2D eigenvalue weighted by molar-refractivity contribution is -0.143. The Balaban J connectivity index is 1.48. The first-order chi connectivity index (χ1) is 15.2. The Morgan fingerprint density at radius 1 is 1.19 bits per heavy atom. The summed E-state index contributed by atoms with van der Waals surface area (Å²) in [6.07, 6.45) is 17.6. The van der Waals surface area contributed by atoms with Crippen molar-refractivity contribution in [3.63, 3.8) is 0 Å². The van der Waals surface area contributed by atoms with Gasteiger partial charge in [0, 0.05) is 6.42 Å². The minimum Gasteiger partial charge on any atom is -0.466 e. The lowest BCUT2D eigenvalue weighted by Crippen LogP contribution is -2.50. The van der Waals surface area contributed by atoms with Crippen molar-refractivity contribution in [1.29, 1.82) is 0 Å². The molecular weight excluding hydrogens is 392 g/mol. The number of hydrogen-bond donors (Lipinski definition) is 0. The Bertz CT molecular complexity index is 763. The van der Waals surface area contributed by atoms with Crippen LogP contribution in [0.5, 0.6) is 0 Å². The molecule has 6 unspecified atom stereocenters. The molecule has 4 rings (SSSR count). The maximum atomic E-state index is 11.9. The van der Waals surface area contributed by atoms with Crippen LogP contribution in [0.25, 0.3) is 0 Å². The van der Waals surface area contributed by atoms with Gasteiger partial charge in [-0.25, -0.2) is 0 Å². The summed E-state index contributed by atoms with van der Waals surface area (Å²) < 4.78 is 5.20. The third kappa shape index (κ3) is 4.03. The summed E-state index contributed by atoms with van der Waals surface area (Å²) >= 11 is 0. The number of hydrogen-bond acceptors (Lipinski definition) is 2. The molecule has 0 aromatic rings. The highest BCUT2D eigenvalue weighted by atomic mass is 16.5. The van der Waals surface area contributed by atoms with Gasteiger partial charge in [0.1, 0.15) is 0 Å². The summed E-state index contributed by atoms with van der Waals surface area (Å²) in [4.78, 5) is 11.9. The average molecular weight is 441 g/mol. The standard InChI is InChI=1S/C30H48O2/c1-7-20(3)22-15-17-29(5)23(19-22)10-11-24-26-13-12-25(30(26,6)18-16-27(24)29)21(4)9-14-28(31)32-8-2/h7,10,21-22,24-27H,8-9,11-19H2,1-6H3/b20-7-/t21-,22?,24?,25?,26+,27?,29?,30?/m1/s1. The third-order valence-electron chi connectivity index (χ3n) is 11.1. The molecule has 0 heterocycles. The van der Waals surface area contributed by atoms with Gasteiger partial charge in [0.05, 0.1) is 6.61 Å². The zero-order valence-electron chi connectivity index (χ0n) is 21.7. The summed E-state index contributed by atoms with van der Waals surface area (Å²) in [5, 5.41) is 0. The van der Waals surface area contributed by atoms with E-state index in [1.807, 2.05) is 6.92 Å². The smallest absolute Gasteiger partial charge is 0.305 e. The Morgan fingerprint density at radius 2 is 1.97 bits per heavy atom. The van der Waals surface area contributed by atoms with E-state index in [4.69, 9.17) is 4.74 Å². The van der Waals surface area contributed by atoms with Gasteiger partial charge in [-0.15, -0.1) is 0 Å². The van der Waals surface area contributed by atoms with Crippen molar-refractivity contribution in [2.75, 3.05) is 6.61 Å². The van der Waals surface area contributed by atoms with Gasteiger partial charge < -0.3 is 4.74 Å². The van der Waals surface area contributed by atoms with Crippen molar-refractivity contribution < 1.29 is 9.53 Å². The normalized spacial score (nSPS) is 42.4. The van der Waals surface area contributed by atoms with Crippen LogP contribution >= 0.6 is 0 Å². The average Bonchev–Trinajstić information content (AvgIpc) is 3.14. The molecule has 0 N–H and O–H groups in total. The zero-order valence-corrected chi connectivity index (χ0v) is 21.7. The molecule has 0 aliphatic heterocycles. The second-order valence-corrected chi connectivity index (χ2v) is 12.3. The van der Waals surface area contributed by atoms with Crippen molar-refractivity contribution in [2.24, 2.45) is 46.3 Å². The van der Waals surface area contributed by atoms with Crippen molar-refractivity contribution in [1.82, 2.24) is 0 Å². The van der Waals surface area contributed by atoms with Crippen LogP contribution in [-0.2, 0) is 9.53 Å². The topological polar surface area (TPSA) is 26.3 Å². The van der Waals surface area contributed by atoms with Gasteiger partial charge in [-0.2, -0.15) is 0 Å². The van der Waals surface area contributed by atoms with E-state index in [-0.39, 0.29) is 5.97 Å². The Morgan fingerprint density at radius 3 is 2.69 bits per heavy atom. The maximum Gasteiger partial charge on any atom is 0.305 e. The first-order valence-electron chi connectivity index (χ1n) is 13.7. The van der Waals surface area contributed by atoms with Crippen LogP contribution < -0.4 is 0 Å². The van der Waals surface area contributed by atoms with Gasteiger partial charge in [-0.3, -0.25) is 4.79 Å². The Hall–Kier alpha value is -1.05. The summed E-state index contributed by atoms with van der Waals surface area (Å²) in [6, 6.07) is 0. The van der Waals surface area contributed by atoms with Crippen molar-refractivity contribution in [2.45, 2.75) is 106 Å². The van der Waals surface area contributed by atoms with Crippen LogP contribution in [0, 0.1) is 46.3 Å². The lowest BCUT2D eigenvalue weighted by Gasteiger charge is -2.58. The fourth-order valence-electron chi connectivity index (χ4n) is 9.04. The van der Waals surface area contributed by atoms with Crippen molar-refractivity contribution in [3.05, 3.63) is 23.3 Å². The SMILES string of the molecule is C/C=C(/C)C1CCC2(C)C(=CCC3C2CCC2(C)C([C@H](C)CCC(=O)OCC)CC[C@@H]32)C1. The van der Waals surface area contributed by atoms with Gasteiger partial charge in [0.2, 0.25) is 0 Å². The predicted octanol–water partition coefficient (Wildman–Crippen LogP) is 8.13. The molecule has 0 spiro atoms. The van der Waals surface area contributed by atoms with Crippen LogP contribution in [0.3, 0.4) is 0 Å². The number of allylic oxidation sites excluding steroid dienone is 4. The molecule has 0 radical (unpaired) electrons. The molecule has 0 amide bonds. The van der Waals surface area contributed by atoms with Crippen LogP contribution in [0.4, 0.5) is 0 Å². The van der Waals surface area contributed by atoms with Gasteiger partial charge in [-0.1, -0.05) is 44.1 Å². The molecule has 3 fully saturated rings. The summed E-state index contributed by atoms with van der Waals surface area (Å²) in [5.41, 5.74) is 4.32. The first-order valence-corrected chi connectivity index (χ1v) is 13.7. The van der Waals surface area contributed by atoms with Gasteiger partial charge in [0.15, 0.2) is 0 Å². The third-order valence-corrected chi connectivity index (χ3v) is 11.1. The fraction of sp³-hybridized carbons (Fsp3) is 0.833. The van der Waals surface area contributed by atoms with E-state index in [1.165, 1.54) is 51.4 Å². The van der Waals surface area contributed by atoms with E-state index < -0.39 is 0 Å². The molecule has 4 aliphatic rings. The van der Waals surface area contributed by atoms with Gasteiger partial charge >= 0.3 is 5.97 Å². The highest BCUT2D eigenvalue weighted by Gasteiger charge is 2.59. The van der Waals surface area contributed by atoms with E-state index in [0.717, 1.165) is 36.0 Å².